The summed E-state index contributed by atoms with van der Waals surface area (Å²) in [6.45, 7) is 2.54. The van der Waals surface area contributed by atoms with E-state index < -0.39 is 11.8 Å². The molecule has 0 aliphatic rings. The quantitative estimate of drug-likeness (QED) is 0.587. The van der Waals surface area contributed by atoms with E-state index in [4.69, 9.17) is 0 Å². The molecule has 0 radical (unpaired) electrons. The van der Waals surface area contributed by atoms with Crippen LogP contribution in [0, 0.1) is 0 Å². The summed E-state index contributed by atoms with van der Waals surface area (Å²) >= 11 is 0. The minimum Gasteiger partial charge on any atom is -0.348 e. The maximum Gasteiger partial charge on any atom is 0.313 e. The molecule has 1 aromatic rings. The van der Waals surface area contributed by atoms with Crippen LogP contribution >= 0.6 is 0 Å². The average Bonchev–Trinajstić information content (AvgIpc) is 2.30. The van der Waals surface area contributed by atoms with Crippen LogP contribution in [0.4, 0.5) is 5.69 Å². The molecule has 0 atom stereocenters. The van der Waals surface area contributed by atoms with Crippen LogP contribution in [0.1, 0.15) is 19.8 Å². The number of nitrogens with zero attached hydrogens (tertiary/aromatic N) is 1. The van der Waals surface area contributed by atoms with Crippen LogP contribution in [0.25, 0.3) is 0 Å². The molecule has 0 aromatic carbocycles. The monoisotopic (exact) mass is 221 g/mol. The molecule has 0 saturated carbocycles. The Balaban J connectivity index is 2.38. The van der Waals surface area contributed by atoms with Crippen LogP contribution < -0.4 is 10.6 Å². The number of amides is 2. The van der Waals surface area contributed by atoms with Gasteiger partial charge in [-0.1, -0.05) is 13.3 Å². The Morgan fingerprint density at radius 1 is 1.38 bits per heavy atom. The molecule has 1 aromatic heterocycles. The lowest BCUT2D eigenvalue weighted by molar-refractivity contribution is -0.136. The fourth-order valence-electron chi connectivity index (χ4n) is 1.08. The standard InChI is InChI=1S/C11H15N3O2/c1-2-3-7-13-10(15)11(16)14-9-5-4-6-12-8-9/h4-6,8H,2-3,7H2,1H3,(H,13,15)(H,14,16). The number of carbonyl (C=O) groups is 2. The second kappa shape index (κ2) is 6.55. The summed E-state index contributed by atoms with van der Waals surface area (Å²) in [5, 5.41) is 4.99. The van der Waals surface area contributed by atoms with Crippen LogP contribution in [0.2, 0.25) is 0 Å². The zero-order valence-corrected chi connectivity index (χ0v) is 9.19. The summed E-state index contributed by atoms with van der Waals surface area (Å²) < 4.78 is 0. The first-order valence-corrected chi connectivity index (χ1v) is 5.23. The normalized spacial score (nSPS) is 9.56. The van der Waals surface area contributed by atoms with Gasteiger partial charge in [-0.2, -0.15) is 0 Å². The van der Waals surface area contributed by atoms with Gasteiger partial charge >= 0.3 is 11.8 Å². The maximum absolute atomic E-state index is 11.4. The van der Waals surface area contributed by atoms with E-state index in [9.17, 15) is 9.59 Å². The van der Waals surface area contributed by atoms with E-state index in [0.717, 1.165) is 12.8 Å². The molecule has 5 nitrogen and oxygen atoms in total. The van der Waals surface area contributed by atoms with E-state index in [1.54, 1.807) is 18.3 Å². The van der Waals surface area contributed by atoms with Gasteiger partial charge in [-0.3, -0.25) is 14.6 Å². The lowest BCUT2D eigenvalue weighted by atomic mass is 10.3. The van der Waals surface area contributed by atoms with Crippen molar-refractivity contribution in [2.75, 3.05) is 11.9 Å². The number of aromatic nitrogens is 1. The molecular formula is C11H15N3O2. The smallest absolute Gasteiger partial charge is 0.313 e. The van der Waals surface area contributed by atoms with Crippen LogP contribution in [-0.4, -0.2) is 23.3 Å². The topological polar surface area (TPSA) is 71.1 Å². The number of rotatable bonds is 4. The molecule has 0 spiro atoms. The highest BCUT2D eigenvalue weighted by Crippen LogP contribution is 2.01. The summed E-state index contributed by atoms with van der Waals surface area (Å²) in [5.74, 6) is -1.28. The third-order valence-electron chi connectivity index (χ3n) is 1.94. The summed E-state index contributed by atoms with van der Waals surface area (Å²) in [7, 11) is 0. The third-order valence-corrected chi connectivity index (χ3v) is 1.94. The highest BCUT2D eigenvalue weighted by atomic mass is 16.2. The highest BCUT2D eigenvalue weighted by molar-refractivity contribution is 6.39. The lowest BCUT2D eigenvalue weighted by Crippen LogP contribution is -2.35. The van der Waals surface area contributed by atoms with Gasteiger partial charge in [0.25, 0.3) is 0 Å². The van der Waals surface area contributed by atoms with Gasteiger partial charge in [-0.25, -0.2) is 0 Å². The Labute approximate surface area is 94.3 Å². The minimum absolute atomic E-state index is 0.512. The number of unbranched alkanes of at least 4 members (excludes halogenated alkanes) is 1. The molecule has 16 heavy (non-hydrogen) atoms. The van der Waals surface area contributed by atoms with Gasteiger partial charge in [0.2, 0.25) is 0 Å². The van der Waals surface area contributed by atoms with Crippen molar-refractivity contribution in [1.29, 1.82) is 0 Å². The number of pyridine rings is 1. The molecule has 0 aliphatic carbocycles. The van der Waals surface area contributed by atoms with Gasteiger partial charge < -0.3 is 10.6 Å². The van der Waals surface area contributed by atoms with Crippen molar-refractivity contribution >= 4 is 17.5 Å². The van der Waals surface area contributed by atoms with Crippen molar-refractivity contribution in [3.8, 4) is 0 Å². The Hall–Kier alpha value is -1.91. The van der Waals surface area contributed by atoms with E-state index in [0.29, 0.717) is 12.2 Å². The summed E-state index contributed by atoms with van der Waals surface area (Å²) in [4.78, 5) is 26.5. The Morgan fingerprint density at radius 2 is 2.19 bits per heavy atom. The molecule has 1 rings (SSSR count). The Morgan fingerprint density at radius 3 is 2.81 bits per heavy atom. The van der Waals surface area contributed by atoms with Gasteiger partial charge in [0.15, 0.2) is 0 Å². The highest BCUT2D eigenvalue weighted by Gasteiger charge is 2.12. The largest absolute Gasteiger partial charge is 0.348 e. The molecule has 0 fully saturated rings. The van der Waals surface area contributed by atoms with Crippen molar-refractivity contribution in [2.24, 2.45) is 0 Å². The molecule has 1 heterocycles. The van der Waals surface area contributed by atoms with Crippen LogP contribution in [0.3, 0.4) is 0 Å². The molecule has 2 amide bonds. The predicted molar refractivity (Wildman–Crippen MR) is 60.8 cm³/mol. The fraction of sp³-hybridized carbons (Fsp3) is 0.364. The number of hydrogen-bond acceptors (Lipinski definition) is 3. The van der Waals surface area contributed by atoms with Crippen molar-refractivity contribution in [1.82, 2.24) is 10.3 Å². The first-order valence-electron chi connectivity index (χ1n) is 5.23. The van der Waals surface area contributed by atoms with Gasteiger partial charge in [0.05, 0.1) is 11.9 Å². The first-order chi connectivity index (χ1) is 7.74. The molecule has 86 valence electrons. The lowest BCUT2D eigenvalue weighted by Gasteiger charge is -2.05. The molecule has 2 N–H and O–H groups in total. The SMILES string of the molecule is CCCCNC(=O)C(=O)Nc1cccnc1. The second-order valence-corrected chi connectivity index (χ2v) is 3.31. The zero-order chi connectivity index (χ0) is 11.8. The van der Waals surface area contributed by atoms with Crippen molar-refractivity contribution in [3.63, 3.8) is 0 Å². The number of nitrogens with one attached hydrogen (secondary N) is 2. The molecule has 0 aliphatic heterocycles. The first kappa shape index (κ1) is 12.2. The van der Waals surface area contributed by atoms with Crippen molar-refractivity contribution in [3.05, 3.63) is 24.5 Å². The van der Waals surface area contributed by atoms with Crippen LogP contribution in [0.5, 0.6) is 0 Å². The molecule has 0 unspecified atom stereocenters. The number of carbonyl (C=O) groups excluding carboxylic acids is 2. The number of anilines is 1. The van der Waals surface area contributed by atoms with Gasteiger partial charge in [0, 0.05) is 12.7 Å². The van der Waals surface area contributed by atoms with E-state index in [1.807, 2.05) is 6.92 Å². The second-order valence-electron chi connectivity index (χ2n) is 3.31. The fourth-order valence-corrected chi connectivity index (χ4v) is 1.08. The molecule has 0 saturated heterocycles. The van der Waals surface area contributed by atoms with Gasteiger partial charge in [-0.15, -0.1) is 0 Å². The molecule has 5 heteroatoms. The van der Waals surface area contributed by atoms with Crippen LogP contribution in [0.15, 0.2) is 24.5 Å². The third kappa shape index (κ3) is 4.08. The Kier molecular flexibility index (Phi) is 4.98. The number of hydrogen-bond donors (Lipinski definition) is 2. The molecule has 0 bridgehead atoms. The average molecular weight is 221 g/mol. The Bertz CT molecular complexity index is 352. The van der Waals surface area contributed by atoms with E-state index >= 15 is 0 Å². The van der Waals surface area contributed by atoms with Crippen molar-refractivity contribution in [2.45, 2.75) is 19.8 Å². The van der Waals surface area contributed by atoms with Crippen molar-refractivity contribution < 1.29 is 9.59 Å². The summed E-state index contributed by atoms with van der Waals surface area (Å²) in [5.41, 5.74) is 0.512. The van der Waals surface area contributed by atoms with Gasteiger partial charge in [-0.05, 0) is 18.6 Å². The molecular weight excluding hydrogens is 206 g/mol. The van der Waals surface area contributed by atoms with E-state index in [1.165, 1.54) is 6.20 Å². The van der Waals surface area contributed by atoms with E-state index in [-0.39, 0.29) is 0 Å². The summed E-state index contributed by atoms with van der Waals surface area (Å²) in [6, 6.07) is 3.36. The van der Waals surface area contributed by atoms with E-state index in [2.05, 4.69) is 15.6 Å². The van der Waals surface area contributed by atoms with Crippen LogP contribution in [-0.2, 0) is 9.59 Å². The zero-order valence-electron chi connectivity index (χ0n) is 9.19. The van der Waals surface area contributed by atoms with Gasteiger partial charge in [0.1, 0.15) is 0 Å². The predicted octanol–water partition coefficient (Wildman–Crippen LogP) is 0.936. The summed E-state index contributed by atoms with van der Waals surface area (Å²) in [6.07, 6.45) is 4.92. The minimum atomic E-state index is -0.663. The maximum atomic E-state index is 11.4.